The van der Waals surface area contributed by atoms with Crippen molar-refractivity contribution in [1.29, 1.82) is 0 Å². The van der Waals surface area contributed by atoms with Crippen LogP contribution in [0.1, 0.15) is 32.8 Å². The molecule has 2 aromatic rings. The Morgan fingerprint density at radius 1 is 1.08 bits per heavy atom. The van der Waals surface area contributed by atoms with Gasteiger partial charge in [-0.15, -0.1) is 0 Å². The summed E-state index contributed by atoms with van der Waals surface area (Å²) < 4.78 is 4.93. The number of rotatable bonds is 9. The first-order valence-electron chi connectivity index (χ1n) is 8.36. The van der Waals surface area contributed by atoms with Gasteiger partial charge in [-0.2, -0.15) is 0 Å². The fourth-order valence-electron chi connectivity index (χ4n) is 2.28. The van der Waals surface area contributed by atoms with E-state index in [4.69, 9.17) is 16.3 Å². The molecule has 0 radical (unpaired) electrons. The van der Waals surface area contributed by atoms with Crippen LogP contribution in [-0.4, -0.2) is 43.6 Å². The molecule has 138 valence electrons. The number of methoxy groups -OCH3 is 1. The van der Waals surface area contributed by atoms with Gasteiger partial charge in [0.1, 0.15) is 5.69 Å². The van der Waals surface area contributed by atoms with Crippen LogP contribution in [0.3, 0.4) is 0 Å². The second-order valence-electron chi connectivity index (χ2n) is 5.66. The fourth-order valence-corrected chi connectivity index (χ4v) is 2.40. The molecule has 2 rings (SSSR count). The molecule has 2 N–H and O–H groups in total. The van der Waals surface area contributed by atoms with Crippen LogP contribution in [0.25, 0.3) is 0 Å². The lowest BCUT2D eigenvalue weighted by atomic mass is 10.1. The molecule has 26 heavy (non-hydrogen) atoms. The first kappa shape index (κ1) is 19.9. The van der Waals surface area contributed by atoms with Crippen LogP contribution in [0.2, 0.25) is 5.02 Å². The van der Waals surface area contributed by atoms with E-state index in [9.17, 15) is 9.59 Å². The van der Waals surface area contributed by atoms with Gasteiger partial charge < -0.3 is 15.4 Å². The first-order chi connectivity index (χ1) is 12.6. The molecule has 7 heteroatoms. The van der Waals surface area contributed by atoms with Crippen LogP contribution in [0.15, 0.2) is 42.6 Å². The van der Waals surface area contributed by atoms with E-state index in [0.29, 0.717) is 36.7 Å². The Morgan fingerprint density at radius 2 is 1.81 bits per heavy atom. The predicted octanol–water partition coefficient (Wildman–Crippen LogP) is 2.47. The number of halogens is 1. The van der Waals surface area contributed by atoms with E-state index >= 15 is 0 Å². The quantitative estimate of drug-likeness (QED) is 0.660. The molecule has 0 saturated heterocycles. The monoisotopic (exact) mass is 375 g/mol. The van der Waals surface area contributed by atoms with Gasteiger partial charge in [0.25, 0.3) is 11.8 Å². The normalized spacial score (nSPS) is 10.4. The summed E-state index contributed by atoms with van der Waals surface area (Å²) in [5, 5.41) is 6.27. The zero-order valence-corrected chi connectivity index (χ0v) is 15.4. The van der Waals surface area contributed by atoms with Crippen LogP contribution in [0.5, 0.6) is 0 Å². The lowest BCUT2D eigenvalue weighted by molar-refractivity contribution is 0.0948. The van der Waals surface area contributed by atoms with E-state index in [1.165, 1.54) is 12.3 Å². The highest BCUT2D eigenvalue weighted by atomic mass is 35.5. The summed E-state index contributed by atoms with van der Waals surface area (Å²) in [5.74, 6) is -0.549. The number of hydrogen-bond acceptors (Lipinski definition) is 4. The number of carbonyl (C=O) groups is 2. The van der Waals surface area contributed by atoms with Gasteiger partial charge >= 0.3 is 0 Å². The van der Waals surface area contributed by atoms with Gasteiger partial charge in [0.05, 0.1) is 0 Å². The highest BCUT2D eigenvalue weighted by molar-refractivity contribution is 6.30. The van der Waals surface area contributed by atoms with Crippen molar-refractivity contribution in [2.24, 2.45) is 0 Å². The minimum Gasteiger partial charge on any atom is -0.385 e. The Balaban J connectivity index is 1.84. The number of ether oxygens (including phenoxy) is 1. The third-order valence-corrected chi connectivity index (χ3v) is 3.93. The molecule has 0 bridgehead atoms. The predicted molar refractivity (Wildman–Crippen MR) is 101 cm³/mol. The van der Waals surface area contributed by atoms with E-state index in [2.05, 4.69) is 15.6 Å². The number of nitrogens with zero attached hydrogens (tertiary/aromatic N) is 1. The van der Waals surface area contributed by atoms with Crippen molar-refractivity contribution in [2.75, 3.05) is 26.8 Å². The highest BCUT2D eigenvalue weighted by Crippen LogP contribution is 2.09. The molecule has 0 atom stereocenters. The Labute approximate surface area is 157 Å². The summed E-state index contributed by atoms with van der Waals surface area (Å²) in [6.07, 6.45) is 2.87. The third-order valence-electron chi connectivity index (χ3n) is 3.68. The summed E-state index contributed by atoms with van der Waals surface area (Å²) in [4.78, 5) is 28.3. The largest absolute Gasteiger partial charge is 0.385 e. The average Bonchev–Trinajstić information content (AvgIpc) is 2.66. The number of carbonyl (C=O) groups excluding carboxylic acids is 2. The van der Waals surface area contributed by atoms with E-state index in [-0.39, 0.29) is 17.5 Å². The molecule has 0 aliphatic heterocycles. The van der Waals surface area contributed by atoms with Gasteiger partial charge in [0.2, 0.25) is 0 Å². The molecular weight excluding hydrogens is 354 g/mol. The van der Waals surface area contributed by atoms with Gasteiger partial charge in [-0.1, -0.05) is 23.7 Å². The maximum atomic E-state index is 12.2. The Kier molecular flexibility index (Phi) is 8.05. The minimum absolute atomic E-state index is 0.214. The van der Waals surface area contributed by atoms with Crippen molar-refractivity contribution in [2.45, 2.75) is 12.8 Å². The number of hydrogen-bond donors (Lipinski definition) is 2. The Hall–Kier alpha value is -2.44. The van der Waals surface area contributed by atoms with Crippen molar-refractivity contribution < 1.29 is 14.3 Å². The number of pyridine rings is 1. The van der Waals surface area contributed by atoms with Crippen molar-refractivity contribution >= 4 is 23.4 Å². The fraction of sp³-hybridized carbons (Fsp3) is 0.316. The maximum Gasteiger partial charge on any atom is 0.269 e. The van der Waals surface area contributed by atoms with Gasteiger partial charge in [0, 0.05) is 43.6 Å². The number of aromatic nitrogens is 1. The summed E-state index contributed by atoms with van der Waals surface area (Å²) in [7, 11) is 1.61. The zero-order valence-electron chi connectivity index (χ0n) is 14.6. The molecule has 1 aromatic carbocycles. The number of nitrogens with one attached hydrogen (secondary N) is 2. The van der Waals surface area contributed by atoms with Gasteiger partial charge in [-0.05, 0) is 42.7 Å². The topological polar surface area (TPSA) is 80.3 Å². The summed E-state index contributed by atoms with van der Waals surface area (Å²) >= 11 is 5.85. The second kappa shape index (κ2) is 10.5. The Bertz CT molecular complexity index is 735. The van der Waals surface area contributed by atoms with Crippen LogP contribution in [0, 0.1) is 0 Å². The molecular formula is C19H22ClN3O3. The van der Waals surface area contributed by atoms with Crippen LogP contribution in [0.4, 0.5) is 0 Å². The average molecular weight is 376 g/mol. The SMILES string of the molecule is COCCCNC(=O)c1ccnc(C(=O)NCCc2ccc(Cl)cc2)c1. The third kappa shape index (κ3) is 6.46. The molecule has 2 amide bonds. The van der Waals surface area contributed by atoms with E-state index in [1.807, 2.05) is 24.3 Å². The van der Waals surface area contributed by atoms with E-state index < -0.39 is 0 Å². The first-order valence-corrected chi connectivity index (χ1v) is 8.74. The smallest absolute Gasteiger partial charge is 0.269 e. The van der Waals surface area contributed by atoms with E-state index in [0.717, 1.165) is 12.0 Å². The zero-order chi connectivity index (χ0) is 18.8. The van der Waals surface area contributed by atoms with Crippen molar-refractivity contribution in [1.82, 2.24) is 15.6 Å². The van der Waals surface area contributed by atoms with Crippen molar-refractivity contribution in [3.63, 3.8) is 0 Å². The molecule has 0 spiro atoms. The molecule has 6 nitrogen and oxygen atoms in total. The minimum atomic E-state index is -0.312. The summed E-state index contributed by atoms with van der Waals surface area (Å²) in [5.41, 5.74) is 1.69. The summed E-state index contributed by atoms with van der Waals surface area (Å²) in [6.45, 7) is 1.56. The standard InChI is InChI=1S/C19H22ClN3O3/c1-26-12-2-9-22-18(24)15-8-11-21-17(13-15)19(25)23-10-7-14-3-5-16(20)6-4-14/h3-6,8,11,13H,2,7,9-10,12H2,1H3,(H,22,24)(H,23,25). The number of benzene rings is 1. The van der Waals surface area contributed by atoms with Crippen LogP contribution >= 0.6 is 11.6 Å². The lowest BCUT2D eigenvalue weighted by Crippen LogP contribution is -2.28. The van der Waals surface area contributed by atoms with Crippen LogP contribution < -0.4 is 10.6 Å². The second-order valence-corrected chi connectivity index (χ2v) is 6.10. The van der Waals surface area contributed by atoms with Gasteiger partial charge in [-0.3, -0.25) is 14.6 Å². The Morgan fingerprint density at radius 3 is 2.54 bits per heavy atom. The van der Waals surface area contributed by atoms with Gasteiger partial charge in [0.15, 0.2) is 0 Å². The summed E-state index contributed by atoms with van der Waals surface area (Å²) in [6, 6.07) is 10.5. The highest BCUT2D eigenvalue weighted by Gasteiger charge is 2.11. The maximum absolute atomic E-state index is 12.2. The molecule has 0 saturated carbocycles. The van der Waals surface area contributed by atoms with Crippen molar-refractivity contribution in [3.05, 3.63) is 64.4 Å². The molecule has 0 unspecified atom stereocenters. The molecule has 0 fully saturated rings. The lowest BCUT2D eigenvalue weighted by Gasteiger charge is -2.07. The van der Waals surface area contributed by atoms with Gasteiger partial charge in [-0.25, -0.2) is 0 Å². The van der Waals surface area contributed by atoms with Crippen LogP contribution in [-0.2, 0) is 11.2 Å². The molecule has 0 aliphatic carbocycles. The molecule has 1 heterocycles. The van der Waals surface area contributed by atoms with E-state index in [1.54, 1.807) is 13.2 Å². The molecule has 0 aliphatic rings. The molecule has 1 aromatic heterocycles. The number of amides is 2. The van der Waals surface area contributed by atoms with Crippen molar-refractivity contribution in [3.8, 4) is 0 Å².